The highest BCUT2D eigenvalue weighted by Crippen LogP contribution is 2.30. The van der Waals surface area contributed by atoms with E-state index in [1.165, 1.54) is 0 Å². The van der Waals surface area contributed by atoms with E-state index in [1.54, 1.807) is 24.5 Å². The van der Waals surface area contributed by atoms with Crippen LogP contribution in [0.3, 0.4) is 0 Å². The first-order chi connectivity index (χ1) is 19.6. The SMILES string of the molecule is Cc1ccc2nc(-c3ccc(OCC(=O)NN=Cc4ccc5ncccc5c4)cc3)nc(-c3ccccc3)c2c1. The molecule has 0 spiro atoms. The molecule has 0 atom stereocenters. The number of aryl methyl sites for hydroxylation is 1. The Morgan fingerprint density at radius 2 is 1.68 bits per heavy atom. The molecule has 194 valence electrons. The van der Waals surface area contributed by atoms with Gasteiger partial charge < -0.3 is 4.74 Å². The lowest BCUT2D eigenvalue weighted by molar-refractivity contribution is -0.123. The Balaban J connectivity index is 1.12. The molecule has 7 nitrogen and oxygen atoms in total. The molecule has 0 aliphatic carbocycles. The predicted molar refractivity (Wildman–Crippen MR) is 158 cm³/mol. The molecular formula is C33H25N5O2. The van der Waals surface area contributed by atoms with Gasteiger partial charge in [0.2, 0.25) is 0 Å². The number of aromatic nitrogens is 3. The summed E-state index contributed by atoms with van der Waals surface area (Å²) < 4.78 is 5.66. The highest BCUT2D eigenvalue weighted by molar-refractivity contribution is 5.94. The summed E-state index contributed by atoms with van der Waals surface area (Å²) in [6.07, 6.45) is 3.34. The van der Waals surface area contributed by atoms with Gasteiger partial charge in [0.25, 0.3) is 5.91 Å². The van der Waals surface area contributed by atoms with E-state index in [0.717, 1.165) is 49.8 Å². The topological polar surface area (TPSA) is 89.4 Å². The van der Waals surface area contributed by atoms with Gasteiger partial charge in [0, 0.05) is 28.1 Å². The second kappa shape index (κ2) is 11.1. The van der Waals surface area contributed by atoms with E-state index in [4.69, 9.17) is 14.7 Å². The largest absolute Gasteiger partial charge is 0.484 e. The molecule has 2 heterocycles. The molecule has 1 N–H and O–H groups in total. The van der Waals surface area contributed by atoms with Crippen LogP contribution in [-0.2, 0) is 4.79 Å². The molecule has 7 heteroatoms. The Bertz CT molecular complexity index is 1850. The zero-order chi connectivity index (χ0) is 27.3. The smallest absolute Gasteiger partial charge is 0.277 e. The van der Waals surface area contributed by atoms with Crippen LogP contribution < -0.4 is 10.2 Å². The van der Waals surface area contributed by atoms with Gasteiger partial charge in [0.05, 0.1) is 22.9 Å². The lowest BCUT2D eigenvalue weighted by atomic mass is 10.0. The summed E-state index contributed by atoms with van der Waals surface area (Å²) in [5.74, 6) is 0.825. The first kappa shape index (κ1) is 24.9. The van der Waals surface area contributed by atoms with Gasteiger partial charge in [-0.2, -0.15) is 5.10 Å². The number of nitrogens with zero attached hydrogens (tertiary/aromatic N) is 4. The van der Waals surface area contributed by atoms with Crippen molar-refractivity contribution in [3.63, 3.8) is 0 Å². The Hall–Kier alpha value is -5.43. The van der Waals surface area contributed by atoms with Gasteiger partial charge in [0.1, 0.15) is 5.75 Å². The van der Waals surface area contributed by atoms with Crippen molar-refractivity contribution >= 4 is 33.9 Å². The van der Waals surface area contributed by atoms with Crippen LogP contribution in [-0.4, -0.2) is 33.7 Å². The van der Waals surface area contributed by atoms with Crippen molar-refractivity contribution in [3.05, 3.63) is 120 Å². The Kier molecular flexibility index (Phi) is 6.92. The number of amides is 1. The standard InChI is InChI=1S/C33H25N5O2/c1-22-9-15-30-28(18-22)32(24-6-3-2-4-7-24)37-33(36-30)25-11-13-27(14-12-25)40-21-31(39)38-35-20-23-10-16-29-26(19-23)8-5-17-34-29/h2-20H,21H2,1H3,(H,38,39). The first-order valence-corrected chi connectivity index (χ1v) is 12.9. The van der Waals surface area contributed by atoms with Crippen LogP contribution in [0.15, 0.2) is 114 Å². The summed E-state index contributed by atoms with van der Waals surface area (Å²) in [7, 11) is 0. The average molecular weight is 524 g/mol. The van der Waals surface area contributed by atoms with E-state index >= 15 is 0 Å². The molecule has 4 aromatic carbocycles. The van der Waals surface area contributed by atoms with Crippen molar-refractivity contribution < 1.29 is 9.53 Å². The number of nitrogens with one attached hydrogen (secondary N) is 1. The second-order valence-electron chi connectivity index (χ2n) is 9.34. The third-order valence-corrected chi connectivity index (χ3v) is 6.41. The van der Waals surface area contributed by atoms with Gasteiger partial charge in [-0.05, 0) is 67.1 Å². The minimum Gasteiger partial charge on any atom is -0.484 e. The molecule has 0 radical (unpaired) electrons. The van der Waals surface area contributed by atoms with Crippen LogP contribution in [0.4, 0.5) is 0 Å². The fourth-order valence-electron chi connectivity index (χ4n) is 4.42. The minimum absolute atomic E-state index is 0.164. The molecule has 0 saturated heterocycles. The number of hydrogen-bond donors (Lipinski definition) is 1. The lowest BCUT2D eigenvalue weighted by Gasteiger charge is -2.11. The maximum absolute atomic E-state index is 12.2. The van der Waals surface area contributed by atoms with Crippen molar-refractivity contribution in [2.75, 3.05) is 6.61 Å². The van der Waals surface area contributed by atoms with Crippen molar-refractivity contribution in [2.45, 2.75) is 6.92 Å². The van der Waals surface area contributed by atoms with Crippen LogP contribution in [0.1, 0.15) is 11.1 Å². The number of carbonyl (C=O) groups is 1. The molecular weight excluding hydrogens is 498 g/mol. The third kappa shape index (κ3) is 5.54. The number of benzene rings is 4. The van der Waals surface area contributed by atoms with E-state index in [-0.39, 0.29) is 12.5 Å². The number of carbonyl (C=O) groups excluding carboxylic acids is 1. The van der Waals surface area contributed by atoms with Gasteiger partial charge in [-0.25, -0.2) is 15.4 Å². The summed E-state index contributed by atoms with van der Waals surface area (Å²) in [5, 5.41) is 6.06. The Labute approximate surface area is 231 Å². The maximum Gasteiger partial charge on any atom is 0.277 e. The van der Waals surface area contributed by atoms with E-state index in [9.17, 15) is 4.79 Å². The van der Waals surface area contributed by atoms with Crippen LogP contribution in [0.5, 0.6) is 5.75 Å². The number of pyridine rings is 1. The maximum atomic E-state index is 12.2. The number of fused-ring (bicyclic) bond motifs is 2. The zero-order valence-electron chi connectivity index (χ0n) is 21.8. The van der Waals surface area contributed by atoms with Crippen LogP contribution in [0.25, 0.3) is 44.5 Å². The number of hydrazone groups is 1. The molecule has 0 fully saturated rings. The monoisotopic (exact) mass is 523 g/mol. The Morgan fingerprint density at radius 1 is 0.850 bits per heavy atom. The van der Waals surface area contributed by atoms with Crippen LogP contribution in [0, 0.1) is 6.92 Å². The molecule has 0 unspecified atom stereocenters. The van der Waals surface area contributed by atoms with Crippen molar-refractivity contribution in [3.8, 4) is 28.4 Å². The first-order valence-electron chi connectivity index (χ1n) is 12.9. The summed E-state index contributed by atoms with van der Waals surface area (Å²) in [6, 6.07) is 33.3. The van der Waals surface area contributed by atoms with Gasteiger partial charge in [0.15, 0.2) is 12.4 Å². The third-order valence-electron chi connectivity index (χ3n) is 6.41. The fourth-order valence-corrected chi connectivity index (χ4v) is 4.42. The summed E-state index contributed by atoms with van der Waals surface area (Å²) in [6.45, 7) is 1.90. The van der Waals surface area contributed by atoms with E-state index in [1.807, 2.05) is 66.7 Å². The number of hydrogen-bond acceptors (Lipinski definition) is 6. The van der Waals surface area contributed by atoms with E-state index < -0.39 is 0 Å². The summed E-state index contributed by atoms with van der Waals surface area (Å²) in [5.41, 5.74) is 9.08. The van der Waals surface area contributed by atoms with E-state index in [0.29, 0.717) is 11.6 Å². The van der Waals surface area contributed by atoms with Gasteiger partial charge in [-0.3, -0.25) is 9.78 Å². The van der Waals surface area contributed by atoms with Crippen LogP contribution >= 0.6 is 0 Å². The molecule has 1 amide bonds. The molecule has 0 aliphatic rings. The highest BCUT2D eigenvalue weighted by Gasteiger charge is 2.12. The average Bonchev–Trinajstić information content (AvgIpc) is 3.00. The molecule has 6 aromatic rings. The predicted octanol–water partition coefficient (Wildman–Crippen LogP) is 6.35. The normalized spacial score (nSPS) is 11.2. The lowest BCUT2D eigenvalue weighted by Crippen LogP contribution is -2.24. The van der Waals surface area contributed by atoms with Gasteiger partial charge in [-0.15, -0.1) is 0 Å². The van der Waals surface area contributed by atoms with Crippen LogP contribution in [0.2, 0.25) is 0 Å². The molecule has 0 aliphatic heterocycles. The van der Waals surface area contributed by atoms with Crippen molar-refractivity contribution in [2.24, 2.45) is 5.10 Å². The van der Waals surface area contributed by atoms with Crippen molar-refractivity contribution in [1.29, 1.82) is 0 Å². The fraction of sp³-hybridized carbons (Fsp3) is 0.0606. The second-order valence-corrected chi connectivity index (χ2v) is 9.34. The molecule has 40 heavy (non-hydrogen) atoms. The Morgan fingerprint density at radius 3 is 2.52 bits per heavy atom. The van der Waals surface area contributed by atoms with E-state index in [2.05, 4.69) is 46.7 Å². The molecule has 0 saturated carbocycles. The van der Waals surface area contributed by atoms with Gasteiger partial charge in [-0.1, -0.05) is 54.1 Å². The summed E-state index contributed by atoms with van der Waals surface area (Å²) >= 11 is 0. The van der Waals surface area contributed by atoms with Gasteiger partial charge >= 0.3 is 0 Å². The molecule has 2 aromatic heterocycles. The van der Waals surface area contributed by atoms with Crippen molar-refractivity contribution in [1.82, 2.24) is 20.4 Å². The number of ether oxygens (including phenoxy) is 1. The number of rotatable bonds is 7. The quantitative estimate of drug-likeness (QED) is 0.195. The summed E-state index contributed by atoms with van der Waals surface area (Å²) in [4.78, 5) is 26.3. The highest BCUT2D eigenvalue weighted by atomic mass is 16.5. The zero-order valence-corrected chi connectivity index (χ0v) is 21.8. The molecule has 6 rings (SSSR count). The molecule has 0 bridgehead atoms. The minimum atomic E-state index is -0.358.